The molecule has 1 aromatic carbocycles. The van der Waals surface area contributed by atoms with Crippen LogP contribution in [-0.4, -0.2) is 47.0 Å². The molecule has 0 saturated carbocycles. The second kappa shape index (κ2) is 7.62. The first-order chi connectivity index (χ1) is 11.6. The minimum atomic E-state index is -0.0160. The van der Waals surface area contributed by atoms with Gasteiger partial charge in [-0.15, -0.1) is 0 Å². The Morgan fingerprint density at radius 2 is 2.17 bits per heavy atom. The number of likely N-dealkylation sites (tertiary alicyclic amines) is 1. The molecule has 1 aliphatic heterocycles. The van der Waals surface area contributed by atoms with E-state index < -0.39 is 0 Å². The minimum Gasteiger partial charge on any atom is -0.352 e. The number of carbonyl (C=O) groups is 1. The van der Waals surface area contributed by atoms with Crippen LogP contribution in [0.4, 0.5) is 0 Å². The van der Waals surface area contributed by atoms with Gasteiger partial charge in [-0.3, -0.25) is 4.79 Å². The molecule has 5 heteroatoms. The van der Waals surface area contributed by atoms with E-state index in [0.717, 1.165) is 30.9 Å². The molecule has 0 aliphatic carbocycles. The Morgan fingerprint density at radius 3 is 2.92 bits per heavy atom. The Balaban J connectivity index is 1.62. The number of amides is 1. The molecule has 1 saturated heterocycles. The van der Waals surface area contributed by atoms with Gasteiger partial charge in [-0.1, -0.05) is 18.2 Å². The third-order valence-corrected chi connectivity index (χ3v) is 4.79. The Labute approximate surface area is 143 Å². The number of hydrogen-bond acceptors (Lipinski definition) is 3. The first kappa shape index (κ1) is 16.7. The van der Waals surface area contributed by atoms with E-state index in [0.29, 0.717) is 11.5 Å². The van der Waals surface area contributed by atoms with E-state index in [2.05, 4.69) is 22.2 Å². The maximum absolute atomic E-state index is 12.6. The lowest BCUT2D eigenvalue weighted by Gasteiger charge is -2.29. The molecular formula is C19H26N4O. The van der Waals surface area contributed by atoms with Crippen LogP contribution in [0.5, 0.6) is 0 Å². The molecule has 0 spiro atoms. The number of nitrogens with one attached hydrogen (secondary N) is 1. The largest absolute Gasteiger partial charge is 0.352 e. The fourth-order valence-corrected chi connectivity index (χ4v) is 3.50. The van der Waals surface area contributed by atoms with E-state index in [1.54, 1.807) is 6.20 Å². The van der Waals surface area contributed by atoms with E-state index in [-0.39, 0.29) is 5.91 Å². The highest BCUT2D eigenvalue weighted by molar-refractivity contribution is 6.00. The quantitative estimate of drug-likeness (QED) is 0.919. The predicted octanol–water partition coefficient (Wildman–Crippen LogP) is 2.55. The van der Waals surface area contributed by atoms with Crippen molar-refractivity contribution in [3.63, 3.8) is 0 Å². The summed E-state index contributed by atoms with van der Waals surface area (Å²) in [4.78, 5) is 19.4. The second-order valence-corrected chi connectivity index (χ2v) is 6.72. The average molecular weight is 326 g/mol. The molecule has 0 bridgehead atoms. The first-order valence-electron chi connectivity index (χ1n) is 8.68. The topological polar surface area (TPSA) is 50.2 Å². The fourth-order valence-electron chi connectivity index (χ4n) is 3.50. The first-order valence-corrected chi connectivity index (χ1v) is 8.68. The minimum absolute atomic E-state index is 0.0160. The van der Waals surface area contributed by atoms with E-state index in [9.17, 15) is 4.79 Å². The van der Waals surface area contributed by atoms with Gasteiger partial charge in [0.2, 0.25) is 0 Å². The molecule has 1 unspecified atom stereocenters. The number of carbonyl (C=O) groups excluding carboxylic acids is 1. The lowest BCUT2D eigenvalue weighted by Crippen LogP contribution is -2.34. The van der Waals surface area contributed by atoms with Crippen LogP contribution in [-0.2, 0) is 7.05 Å². The molecule has 24 heavy (non-hydrogen) atoms. The van der Waals surface area contributed by atoms with Crippen LogP contribution in [0.1, 0.15) is 29.6 Å². The third kappa shape index (κ3) is 3.85. The van der Waals surface area contributed by atoms with Crippen LogP contribution < -0.4 is 5.32 Å². The zero-order valence-electron chi connectivity index (χ0n) is 14.5. The van der Waals surface area contributed by atoms with Crippen molar-refractivity contribution in [3.05, 3.63) is 42.2 Å². The van der Waals surface area contributed by atoms with Crippen LogP contribution in [0.3, 0.4) is 0 Å². The smallest absolute Gasteiger partial charge is 0.252 e. The number of aromatic nitrogens is 2. The number of piperidine rings is 1. The molecule has 1 atom stereocenters. The van der Waals surface area contributed by atoms with Gasteiger partial charge in [0.15, 0.2) is 0 Å². The molecule has 128 valence electrons. The summed E-state index contributed by atoms with van der Waals surface area (Å²) in [5.41, 5.74) is 1.56. The van der Waals surface area contributed by atoms with Gasteiger partial charge in [0.05, 0.1) is 5.56 Å². The highest BCUT2D eigenvalue weighted by atomic mass is 16.1. The van der Waals surface area contributed by atoms with Crippen molar-refractivity contribution in [1.29, 1.82) is 0 Å². The van der Waals surface area contributed by atoms with Gasteiger partial charge < -0.3 is 14.8 Å². The van der Waals surface area contributed by atoms with Gasteiger partial charge in [-0.2, -0.15) is 0 Å². The normalized spacial score (nSPS) is 18.5. The number of rotatable bonds is 5. The number of benzene rings is 1. The van der Waals surface area contributed by atoms with Gasteiger partial charge in [0.1, 0.15) is 5.82 Å². The van der Waals surface area contributed by atoms with Gasteiger partial charge in [0, 0.05) is 38.1 Å². The number of hydrogen-bond donors (Lipinski definition) is 1. The SMILES string of the molecule is CN1CCCC(CCNC(=O)c2ccccc2-c2nccn2C)C1. The third-order valence-electron chi connectivity index (χ3n) is 4.79. The molecule has 2 heterocycles. The van der Waals surface area contributed by atoms with E-state index in [1.807, 2.05) is 42.1 Å². The summed E-state index contributed by atoms with van der Waals surface area (Å²) >= 11 is 0. The Morgan fingerprint density at radius 1 is 1.33 bits per heavy atom. The van der Waals surface area contributed by atoms with Crippen LogP contribution in [0.15, 0.2) is 36.7 Å². The summed E-state index contributed by atoms with van der Waals surface area (Å²) in [5, 5.41) is 3.09. The van der Waals surface area contributed by atoms with Crippen molar-refractivity contribution >= 4 is 5.91 Å². The summed E-state index contributed by atoms with van der Waals surface area (Å²) in [6.07, 6.45) is 7.22. The monoisotopic (exact) mass is 326 g/mol. The van der Waals surface area contributed by atoms with Gasteiger partial charge in [-0.25, -0.2) is 4.98 Å². The van der Waals surface area contributed by atoms with Crippen LogP contribution >= 0.6 is 0 Å². The average Bonchev–Trinajstić information content (AvgIpc) is 3.01. The van der Waals surface area contributed by atoms with Crippen LogP contribution in [0.2, 0.25) is 0 Å². The summed E-state index contributed by atoms with van der Waals surface area (Å²) in [6.45, 7) is 3.06. The second-order valence-electron chi connectivity index (χ2n) is 6.72. The summed E-state index contributed by atoms with van der Waals surface area (Å²) < 4.78 is 1.93. The fraction of sp³-hybridized carbons (Fsp3) is 0.474. The van der Waals surface area contributed by atoms with Crippen molar-refractivity contribution in [2.45, 2.75) is 19.3 Å². The number of imidazole rings is 1. The summed E-state index contributed by atoms with van der Waals surface area (Å²) in [6, 6.07) is 7.66. The Bertz CT molecular complexity index is 694. The lowest BCUT2D eigenvalue weighted by atomic mass is 9.95. The highest BCUT2D eigenvalue weighted by Gasteiger charge is 2.18. The van der Waals surface area contributed by atoms with Gasteiger partial charge in [-0.05, 0) is 44.8 Å². The Hall–Kier alpha value is -2.14. The molecule has 1 N–H and O–H groups in total. The van der Waals surface area contributed by atoms with Crippen LogP contribution in [0.25, 0.3) is 11.4 Å². The number of aryl methyl sites for hydroxylation is 1. The number of nitrogens with zero attached hydrogens (tertiary/aromatic N) is 3. The van der Waals surface area contributed by atoms with E-state index in [1.165, 1.54) is 19.4 Å². The van der Waals surface area contributed by atoms with Crippen molar-refractivity contribution in [3.8, 4) is 11.4 Å². The zero-order valence-corrected chi connectivity index (χ0v) is 14.5. The van der Waals surface area contributed by atoms with Crippen molar-refractivity contribution in [2.75, 3.05) is 26.7 Å². The summed E-state index contributed by atoms with van der Waals surface area (Å²) in [7, 11) is 4.12. The van der Waals surface area contributed by atoms with Crippen molar-refractivity contribution in [1.82, 2.24) is 19.8 Å². The van der Waals surface area contributed by atoms with Crippen LogP contribution in [0, 0.1) is 5.92 Å². The van der Waals surface area contributed by atoms with Crippen molar-refractivity contribution < 1.29 is 4.79 Å². The lowest BCUT2D eigenvalue weighted by molar-refractivity contribution is 0.0949. The highest BCUT2D eigenvalue weighted by Crippen LogP contribution is 2.22. The molecule has 1 fully saturated rings. The maximum Gasteiger partial charge on any atom is 0.252 e. The van der Waals surface area contributed by atoms with Gasteiger partial charge >= 0.3 is 0 Å². The Kier molecular flexibility index (Phi) is 5.30. The predicted molar refractivity (Wildman–Crippen MR) is 95.8 cm³/mol. The molecule has 1 amide bonds. The molecule has 0 radical (unpaired) electrons. The van der Waals surface area contributed by atoms with E-state index >= 15 is 0 Å². The molecule has 1 aromatic heterocycles. The van der Waals surface area contributed by atoms with E-state index in [4.69, 9.17) is 0 Å². The van der Waals surface area contributed by atoms with Gasteiger partial charge in [0.25, 0.3) is 5.91 Å². The molecule has 3 rings (SSSR count). The maximum atomic E-state index is 12.6. The zero-order chi connectivity index (χ0) is 16.9. The standard InChI is InChI=1S/C19H26N4O/c1-22-12-5-6-15(14-22)9-10-21-19(24)17-8-4-3-7-16(17)18-20-11-13-23(18)2/h3-4,7-8,11,13,15H,5-6,9-10,12,14H2,1-2H3,(H,21,24). The van der Waals surface area contributed by atoms with Crippen molar-refractivity contribution in [2.24, 2.45) is 13.0 Å². The summed E-state index contributed by atoms with van der Waals surface area (Å²) in [5.74, 6) is 1.49. The molecular weight excluding hydrogens is 300 g/mol. The molecule has 2 aromatic rings. The molecule has 1 aliphatic rings. The molecule has 5 nitrogen and oxygen atoms in total.